The first kappa shape index (κ1) is 13.4. The van der Waals surface area contributed by atoms with E-state index in [1.807, 2.05) is 0 Å². The number of hydrogen-bond acceptors (Lipinski definition) is 3. The van der Waals surface area contributed by atoms with Gasteiger partial charge in [0.25, 0.3) is 0 Å². The number of aryl methyl sites for hydroxylation is 2. The molecule has 1 aliphatic heterocycles. The predicted octanol–water partition coefficient (Wildman–Crippen LogP) is 2.18. The summed E-state index contributed by atoms with van der Waals surface area (Å²) in [5.41, 5.74) is 2.68. The SMILES string of the molecule is CCc1ccc(OC)c(CCC2COCCN2)c1. The van der Waals surface area contributed by atoms with Crippen molar-refractivity contribution in [1.82, 2.24) is 5.32 Å². The monoisotopic (exact) mass is 249 g/mol. The van der Waals surface area contributed by atoms with E-state index in [9.17, 15) is 0 Å². The molecule has 2 rings (SSSR count). The van der Waals surface area contributed by atoms with Crippen LogP contribution < -0.4 is 10.1 Å². The molecule has 0 aliphatic carbocycles. The normalized spacial score (nSPS) is 19.8. The van der Waals surface area contributed by atoms with Crippen LogP contribution in [0.5, 0.6) is 5.75 Å². The summed E-state index contributed by atoms with van der Waals surface area (Å²) in [6, 6.07) is 6.97. The molecule has 0 spiro atoms. The van der Waals surface area contributed by atoms with Gasteiger partial charge in [-0.25, -0.2) is 0 Å². The summed E-state index contributed by atoms with van der Waals surface area (Å²) in [5.74, 6) is 1.00. The Labute approximate surface area is 109 Å². The maximum absolute atomic E-state index is 5.48. The average Bonchev–Trinajstić information content (AvgIpc) is 2.45. The fourth-order valence-electron chi connectivity index (χ4n) is 2.38. The van der Waals surface area contributed by atoms with Crippen molar-refractivity contribution in [1.29, 1.82) is 0 Å². The predicted molar refractivity (Wildman–Crippen MR) is 73.3 cm³/mol. The van der Waals surface area contributed by atoms with Gasteiger partial charge in [-0.1, -0.05) is 19.1 Å². The molecule has 18 heavy (non-hydrogen) atoms. The molecule has 1 unspecified atom stereocenters. The van der Waals surface area contributed by atoms with E-state index in [4.69, 9.17) is 9.47 Å². The highest BCUT2D eigenvalue weighted by atomic mass is 16.5. The zero-order valence-corrected chi connectivity index (χ0v) is 11.4. The van der Waals surface area contributed by atoms with Crippen LogP contribution in [0.2, 0.25) is 0 Å². The first-order chi connectivity index (χ1) is 8.83. The summed E-state index contributed by atoms with van der Waals surface area (Å²) in [4.78, 5) is 0. The molecule has 1 N–H and O–H groups in total. The van der Waals surface area contributed by atoms with Crippen molar-refractivity contribution < 1.29 is 9.47 Å². The minimum atomic E-state index is 0.480. The minimum absolute atomic E-state index is 0.480. The van der Waals surface area contributed by atoms with Gasteiger partial charge in [0.2, 0.25) is 0 Å². The van der Waals surface area contributed by atoms with Crippen LogP contribution in [0.4, 0.5) is 0 Å². The number of ether oxygens (including phenoxy) is 2. The Morgan fingerprint density at radius 3 is 3.00 bits per heavy atom. The number of benzene rings is 1. The van der Waals surface area contributed by atoms with Gasteiger partial charge in [-0.3, -0.25) is 0 Å². The number of nitrogens with one attached hydrogen (secondary N) is 1. The number of rotatable bonds is 5. The summed E-state index contributed by atoms with van der Waals surface area (Å²) in [6.45, 7) is 4.82. The van der Waals surface area contributed by atoms with Crippen LogP contribution in [0.3, 0.4) is 0 Å². The Kier molecular flexibility index (Phi) is 5.02. The summed E-state index contributed by atoms with van der Waals surface area (Å²) in [5, 5.41) is 3.49. The fraction of sp³-hybridized carbons (Fsp3) is 0.600. The molecule has 3 nitrogen and oxygen atoms in total. The second kappa shape index (κ2) is 6.76. The first-order valence-corrected chi connectivity index (χ1v) is 6.80. The first-order valence-electron chi connectivity index (χ1n) is 6.80. The minimum Gasteiger partial charge on any atom is -0.496 e. The third kappa shape index (κ3) is 3.47. The number of methoxy groups -OCH3 is 1. The topological polar surface area (TPSA) is 30.5 Å². The highest BCUT2D eigenvalue weighted by molar-refractivity contribution is 5.37. The van der Waals surface area contributed by atoms with Gasteiger partial charge >= 0.3 is 0 Å². The summed E-state index contributed by atoms with van der Waals surface area (Å²) in [6.07, 6.45) is 3.21. The van der Waals surface area contributed by atoms with Crippen LogP contribution in [0, 0.1) is 0 Å². The smallest absolute Gasteiger partial charge is 0.122 e. The van der Waals surface area contributed by atoms with Crippen molar-refractivity contribution in [3.63, 3.8) is 0 Å². The molecule has 0 amide bonds. The largest absolute Gasteiger partial charge is 0.496 e. The van der Waals surface area contributed by atoms with E-state index >= 15 is 0 Å². The molecule has 1 heterocycles. The molecule has 1 saturated heterocycles. The molecule has 1 fully saturated rings. The molecule has 1 atom stereocenters. The zero-order chi connectivity index (χ0) is 12.8. The average molecular weight is 249 g/mol. The fourth-order valence-corrected chi connectivity index (χ4v) is 2.38. The Bertz CT molecular complexity index is 373. The maximum Gasteiger partial charge on any atom is 0.122 e. The molecule has 0 aromatic heterocycles. The molecule has 0 saturated carbocycles. The molecule has 1 aromatic carbocycles. The highest BCUT2D eigenvalue weighted by Crippen LogP contribution is 2.22. The quantitative estimate of drug-likeness (QED) is 0.867. The van der Waals surface area contributed by atoms with Gasteiger partial charge in [-0.05, 0) is 36.5 Å². The van der Waals surface area contributed by atoms with Crippen molar-refractivity contribution in [2.45, 2.75) is 32.2 Å². The number of hydrogen-bond donors (Lipinski definition) is 1. The van der Waals surface area contributed by atoms with Crippen molar-refractivity contribution in [2.24, 2.45) is 0 Å². The van der Waals surface area contributed by atoms with E-state index in [2.05, 4.69) is 30.4 Å². The lowest BCUT2D eigenvalue weighted by Crippen LogP contribution is -2.41. The second-order valence-electron chi connectivity index (χ2n) is 4.76. The van der Waals surface area contributed by atoms with Crippen LogP contribution in [0.15, 0.2) is 18.2 Å². The molecule has 0 radical (unpaired) electrons. The van der Waals surface area contributed by atoms with E-state index in [1.165, 1.54) is 11.1 Å². The molecular formula is C15H23NO2. The Morgan fingerprint density at radius 1 is 1.44 bits per heavy atom. The third-order valence-electron chi connectivity index (χ3n) is 3.51. The maximum atomic E-state index is 5.48. The molecule has 0 bridgehead atoms. The van der Waals surface area contributed by atoms with Crippen molar-refractivity contribution in [3.05, 3.63) is 29.3 Å². The Morgan fingerprint density at radius 2 is 2.33 bits per heavy atom. The molecule has 100 valence electrons. The summed E-state index contributed by atoms with van der Waals surface area (Å²) >= 11 is 0. The van der Waals surface area contributed by atoms with Crippen LogP contribution in [-0.4, -0.2) is 32.9 Å². The molecule has 1 aliphatic rings. The van der Waals surface area contributed by atoms with Gasteiger partial charge in [0, 0.05) is 12.6 Å². The van der Waals surface area contributed by atoms with Crippen molar-refractivity contribution in [3.8, 4) is 5.75 Å². The van der Waals surface area contributed by atoms with Gasteiger partial charge in [0.1, 0.15) is 5.75 Å². The standard InChI is InChI=1S/C15H23NO2/c1-3-12-4-7-15(17-2)13(10-12)5-6-14-11-18-9-8-16-14/h4,7,10,14,16H,3,5-6,8-9,11H2,1-2H3. The van der Waals surface area contributed by atoms with E-state index in [0.717, 1.165) is 44.8 Å². The zero-order valence-electron chi connectivity index (χ0n) is 11.4. The Balaban J connectivity index is 1.97. The van der Waals surface area contributed by atoms with E-state index in [-0.39, 0.29) is 0 Å². The van der Waals surface area contributed by atoms with Gasteiger partial charge in [0.15, 0.2) is 0 Å². The van der Waals surface area contributed by atoms with Crippen LogP contribution in [0.1, 0.15) is 24.5 Å². The van der Waals surface area contributed by atoms with Gasteiger partial charge in [0.05, 0.1) is 20.3 Å². The van der Waals surface area contributed by atoms with Gasteiger partial charge < -0.3 is 14.8 Å². The van der Waals surface area contributed by atoms with Crippen molar-refractivity contribution >= 4 is 0 Å². The van der Waals surface area contributed by atoms with Crippen LogP contribution in [-0.2, 0) is 17.6 Å². The highest BCUT2D eigenvalue weighted by Gasteiger charge is 2.14. The van der Waals surface area contributed by atoms with Gasteiger partial charge in [-0.15, -0.1) is 0 Å². The lowest BCUT2D eigenvalue weighted by atomic mass is 10.0. The lowest BCUT2D eigenvalue weighted by Gasteiger charge is -2.24. The van der Waals surface area contributed by atoms with Gasteiger partial charge in [-0.2, -0.15) is 0 Å². The van der Waals surface area contributed by atoms with Crippen LogP contribution >= 0.6 is 0 Å². The Hall–Kier alpha value is -1.06. The molecular weight excluding hydrogens is 226 g/mol. The second-order valence-corrected chi connectivity index (χ2v) is 4.76. The van der Waals surface area contributed by atoms with E-state index in [0.29, 0.717) is 6.04 Å². The van der Waals surface area contributed by atoms with Crippen molar-refractivity contribution in [2.75, 3.05) is 26.9 Å². The number of morpholine rings is 1. The third-order valence-corrected chi connectivity index (χ3v) is 3.51. The molecule has 1 aromatic rings. The lowest BCUT2D eigenvalue weighted by molar-refractivity contribution is 0.0743. The van der Waals surface area contributed by atoms with Crippen LogP contribution in [0.25, 0.3) is 0 Å². The van der Waals surface area contributed by atoms with E-state index in [1.54, 1.807) is 7.11 Å². The summed E-state index contributed by atoms with van der Waals surface area (Å²) in [7, 11) is 1.74. The summed E-state index contributed by atoms with van der Waals surface area (Å²) < 4.78 is 10.9. The molecule has 3 heteroatoms. The van der Waals surface area contributed by atoms with E-state index < -0.39 is 0 Å².